The minimum atomic E-state index is -1.35. The van der Waals surface area contributed by atoms with Crippen LogP contribution >= 0.6 is 0 Å². The third-order valence-electron chi connectivity index (χ3n) is 0.957. The van der Waals surface area contributed by atoms with Crippen LogP contribution in [0.4, 0.5) is 0 Å². The summed E-state index contributed by atoms with van der Waals surface area (Å²) in [7, 11) is 0. The van der Waals surface area contributed by atoms with Crippen molar-refractivity contribution in [3.8, 4) is 5.75 Å². The number of pyridine rings is 1. The molecule has 0 unspecified atom stereocenters. The molecular weight excluding hydrogens is 343 g/mol. The van der Waals surface area contributed by atoms with Gasteiger partial charge in [0.25, 0.3) is 0 Å². The minimum absolute atomic E-state index is 0. The van der Waals surface area contributed by atoms with E-state index in [1.807, 2.05) is 0 Å². The summed E-state index contributed by atoms with van der Waals surface area (Å²) >= 11 is 1.06. The number of nitrogens with zero attached hydrogens (tertiary/aromatic N) is 1. The molecule has 1 aromatic rings. The average Bonchev–Trinajstić information content (AvgIpc) is 2.37. The third-order valence-corrected chi connectivity index (χ3v) is 0.957. The summed E-state index contributed by atoms with van der Waals surface area (Å²) in [4.78, 5) is 13.4. The molecule has 0 amide bonds. The quantitative estimate of drug-likeness (QED) is 0.293. The van der Waals surface area contributed by atoms with E-state index in [4.69, 9.17) is 29.8 Å². The van der Waals surface area contributed by atoms with Crippen LogP contribution in [0, 0.1) is 0 Å². The Morgan fingerprint density at radius 2 is 1.50 bits per heavy atom. The van der Waals surface area contributed by atoms with Gasteiger partial charge in [0.2, 0.25) is 0 Å². The van der Waals surface area contributed by atoms with Crippen LogP contribution in [0.5, 0.6) is 5.75 Å². The van der Waals surface area contributed by atoms with E-state index in [1.165, 1.54) is 12.1 Å². The van der Waals surface area contributed by atoms with Gasteiger partial charge in [0.15, 0.2) is 0 Å². The number of aromatic hydroxyl groups is 1. The first-order chi connectivity index (χ1) is 7.70. The molecule has 0 saturated heterocycles. The molecule has 12 heteroatoms. The second kappa shape index (κ2) is 27.3. The monoisotopic (exact) mass is 347 g/mol. The molecule has 1 aromatic heterocycles. The van der Waals surface area contributed by atoms with Crippen molar-refractivity contribution >= 4 is 5.97 Å². The molecule has 1 heterocycles. The Hall–Kier alpha value is 1.92. The number of carboxylic acids is 1. The maximum atomic E-state index is 10.1. The molecule has 9 nitrogen and oxygen atoms in total. The van der Waals surface area contributed by atoms with Crippen LogP contribution in [0.1, 0.15) is 10.5 Å². The van der Waals surface area contributed by atoms with Crippen LogP contribution in [0.2, 0.25) is 0 Å². The normalized spacial score (nSPS) is 5.94. The topological polar surface area (TPSA) is 183 Å². The van der Waals surface area contributed by atoms with E-state index in [0.29, 0.717) is 0 Å². The second-order valence-electron chi connectivity index (χ2n) is 1.69. The Labute approximate surface area is 196 Å². The first-order valence-corrected chi connectivity index (χ1v) is 3.65. The van der Waals surface area contributed by atoms with Gasteiger partial charge in [0, 0.05) is 0 Å². The van der Waals surface area contributed by atoms with E-state index in [1.54, 1.807) is 0 Å². The van der Waals surface area contributed by atoms with Gasteiger partial charge in [0.1, 0.15) is 5.75 Å². The Kier molecular flexibility index (Phi) is 48.6. The van der Waals surface area contributed by atoms with Crippen LogP contribution in [-0.2, 0) is 21.0 Å². The molecule has 0 bridgehead atoms. The molecule has 1 rings (SSSR count). The van der Waals surface area contributed by atoms with E-state index in [9.17, 15) is 9.90 Å². The van der Waals surface area contributed by atoms with E-state index in [0.717, 1.165) is 23.6 Å². The van der Waals surface area contributed by atoms with Gasteiger partial charge in [-0.15, -0.1) is 0 Å². The molecule has 0 aliphatic rings. The van der Waals surface area contributed by atoms with E-state index < -0.39 is 5.97 Å². The number of hydrogen-bond donors (Lipinski definition) is 1. The Balaban J connectivity index is -0.0000000623. The van der Waals surface area contributed by atoms with Gasteiger partial charge in [-0.1, -0.05) is 0 Å². The van der Waals surface area contributed by atoms with Crippen molar-refractivity contribution < 1.29 is 160 Å². The van der Waals surface area contributed by atoms with Crippen molar-refractivity contribution in [3.05, 3.63) is 24.0 Å². The molecule has 0 spiro atoms. The Morgan fingerprint density at radius 1 is 1.11 bits per heavy atom. The number of rotatable bonds is 1. The molecule has 0 aliphatic heterocycles. The predicted molar refractivity (Wildman–Crippen MR) is 30.9 cm³/mol. The Bertz CT molecular complexity index is 275. The fraction of sp³-hybridized carbons (Fsp3) is 0. The van der Waals surface area contributed by atoms with Crippen molar-refractivity contribution in [1.82, 2.24) is 4.98 Å². The fourth-order valence-corrected chi connectivity index (χ4v) is 0.507. The molecule has 0 fully saturated rings. The van der Waals surface area contributed by atoms with Crippen LogP contribution in [0.3, 0.4) is 0 Å². The molecule has 91 valence electrons. The van der Waals surface area contributed by atoms with Gasteiger partial charge < -0.3 is 36.0 Å². The summed E-state index contributed by atoms with van der Waals surface area (Å²) in [5.74, 6) is -1.41. The molecule has 0 atom stereocenters. The summed E-state index contributed by atoms with van der Waals surface area (Å²) in [5, 5.41) is 46.7. The van der Waals surface area contributed by atoms with Crippen molar-refractivity contribution in [2.45, 2.75) is 0 Å². The number of carboxylic acid groups (broad SMARTS) is 1. The van der Waals surface area contributed by atoms with Crippen LogP contribution in [-0.4, -0.2) is 16.1 Å². The number of aromatic carboxylic acids is 1. The van der Waals surface area contributed by atoms with Gasteiger partial charge in [-0.25, -0.2) is 0 Å². The second-order valence-corrected chi connectivity index (χ2v) is 1.69. The molecular formula is C6H4K2NO8V-3. The molecule has 0 saturated carbocycles. The maximum absolute atomic E-state index is 10.1. The molecule has 0 aliphatic carbocycles. The van der Waals surface area contributed by atoms with Gasteiger partial charge >= 0.3 is 124 Å². The van der Waals surface area contributed by atoms with Crippen LogP contribution in [0.25, 0.3) is 0 Å². The van der Waals surface area contributed by atoms with Gasteiger partial charge in [-0.05, 0) is 12.1 Å². The summed E-state index contributed by atoms with van der Waals surface area (Å²) in [6.45, 7) is 0. The summed E-state index contributed by atoms with van der Waals surface area (Å²) in [5.41, 5.74) is -0.183. The number of hydrogen-bond acceptors (Lipinski definition) is 9. The van der Waals surface area contributed by atoms with Crippen molar-refractivity contribution in [3.63, 3.8) is 0 Å². The SMILES string of the molecule is O=C([O-])c1ccc(O)cn1.[K+].[K+].[O-][O-].[O-][O-].[O]=[V]. The first kappa shape index (κ1) is 32.0. The standard InChI is InChI=1S/C6H5NO3.2K.2O2.O.V/c8-4-1-2-5(6(9)10)7-3-4;;;2*1-2;;/h1-3,8H,(H,9,10);;;;;;/q;2*+1;2*-2;;/p-1. The van der Waals surface area contributed by atoms with Crippen LogP contribution < -0.4 is 129 Å². The molecule has 0 aromatic carbocycles. The van der Waals surface area contributed by atoms with Gasteiger partial charge in [-0.2, -0.15) is 0 Å². The number of carbonyl (C=O) groups is 1. The average molecular weight is 347 g/mol. The zero-order valence-electron chi connectivity index (χ0n) is 9.43. The summed E-state index contributed by atoms with van der Waals surface area (Å²) in [6, 6.07) is 2.41. The van der Waals surface area contributed by atoms with Gasteiger partial charge in [-0.3, -0.25) is 4.98 Å². The molecule has 0 radical (unpaired) electrons. The van der Waals surface area contributed by atoms with Gasteiger partial charge in [0.05, 0.1) is 17.9 Å². The van der Waals surface area contributed by atoms with E-state index >= 15 is 0 Å². The van der Waals surface area contributed by atoms with Crippen molar-refractivity contribution in [2.75, 3.05) is 0 Å². The van der Waals surface area contributed by atoms with Crippen molar-refractivity contribution in [2.24, 2.45) is 0 Å². The zero-order valence-corrected chi connectivity index (χ0v) is 17.1. The van der Waals surface area contributed by atoms with E-state index in [2.05, 4.69) is 4.98 Å². The number of carbonyl (C=O) groups excluding carboxylic acids is 1. The summed E-state index contributed by atoms with van der Waals surface area (Å²) < 4.78 is 8.19. The Morgan fingerprint density at radius 3 is 1.72 bits per heavy atom. The van der Waals surface area contributed by atoms with Crippen LogP contribution in [0.15, 0.2) is 18.3 Å². The summed E-state index contributed by atoms with van der Waals surface area (Å²) in [6.07, 6.45) is 1.05. The predicted octanol–water partition coefficient (Wildman–Crippen LogP) is -11.7. The third kappa shape index (κ3) is 20.2. The first-order valence-electron chi connectivity index (χ1n) is 3.08. The fourth-order valence-electron chi connectivity index (χ4n) is 0.507. The molecule has 18 heavy (non-hydrogen) atoms. The zero-order chi connectivity index (χ0) is 13.6. The van der Waals surface area contributed by atoms with E-state index in [-0.39, 0.29) is 114 Å². The van der Waals surface area contributed by atoms with Crippen molar-refractivity contribution in [1.29, 1.82) is 0 Å². The molecule has 1 N–H and O–H groups in total. The number of aromatic nitrogens is 1.